The molecule has 134 valence electrons. The van der Waals surface area contributed by atoms with Crippen LogP contribution in [0, 0.1) is 34.5 Å². The summed E-state index contributed by atoms with van der Waals surface area (Å²) in [4.78, 5) is 11.5. The fourth-order valence-corrected chi connectivity index (χ4v) is 7.70. The SMILES string of the molecule is C=C1CCC[C@@]2(C)[C@H]1CC[C@@H]1[C@@H]2CC[C@]2(C)[C@@H](OC(C)=O)CC[C@@H]12. The zero-order valence-corrected chi connectivity index (χ0v) is 15.8. The Balaban J connectivity index is 1.60. The van der Waals surface area contributed by atoms with Crippen LogP contribution in [0.5, 0.6) is 0 Å². The van der Waals surface area contributed by atoms with Gasteiger partial charge in [-0.2, -0.15) is 0 Å². The largest absolute Gasteiger partial charge is 0.462 e. The maximum Gasteiger partial charge on any atom is 0.302 e. The molecule has 0 saturated heterocycles. The second-order valence-electron chi connectivity index (χ2n) is 9.74. The van der Waals surface area contributed by atoms with Gasteiger partial charge in [-0.05, 0) is 86.9 Å². The molecule has 0 amide bonds. The van der Waals surface area contributed by atoms with Crippen molar-refractivity contribution < 1.29 is 9.53 Å². The van der Waals surface area contributed by atoms with Crippen molar-refractivity contribution in [1.82, 2.24) is 0 Å². The molecule has 0 aromatic carbocycles. The van der Waals surface area contributed by atoms with Crippen LogP contribution in [0.25, 0.3) is 0 Å². The minimum absolute atomic E-state index is 0.0942. The van der Waals surface area contributed by atoms with Gasteiger partial charge in [-0.25, -0.2) is 0 Å². The Morgan fingerprint density at radius 3 is 2.54 bits per heavy atom. The van der Waals surface area contributed by atoms with Crippen LogP contribution in [-0.2, 0) is 9.53 Å². The van der Waals surface area contributed by atoms with E-state index in [1.807, 2.05) is 0 Å². The van der Waals surface area contributed by atoms with Gasteiger partial charge < -0.3 is 4.74 Å². The minimum atomic E-state index is -0.0942. The predicted molar refractivity (Wildman–Crippen MR) is 96.4 cm³/mol. The smallest absolute Gasteiger partial charge is 0.302 e. The van der Waals surface area contributed by atoms with Gasteiger partial charge in [-0.15, -0.1) is 0 Å². The Hall–Kier alpha value is -0.790. The third-order valence-electron chi connectivity index (χ3n) is 8.80. The first-order valence-electron chi connectivity index (χ1n) is 10.2. The molecule has 4 aliphatic rings. The Kier molecular flexibility index (Phi) is 3.89. The first-order valence-corrected chi connectivity index (χ1v) is 10.2. The standard InChI is InChI=1S/C22H34O2/c1-14-6-5-12-21(3)17(14)8-7-16-18-9-10-20(24-15(2)23)22(18,4)13-11-19(16)21/h16-20H,1,5-13H2,2-4H3/t16-,17-,18-,19-,20-,21-,22-/m0/s1. The molecular weight excluding hydrogens is 296 g/mol. The molecule has 4 aliphatic carbocycles. The zero-order chi connectivity index (χ0) is 17.1. The van der Waals surface area contributed by atoms with Crippen molar-refractivity contribution in [1.29, 1.82) is 0 Å². The van der Waals surface area contributed by atoms with Gasteiger partial charge in [0.05, 0.1) is 0 Å². The molecule has 0 spiro atoms. The van der Waals surface area contributed by atoms with E-state index in [1.54, 1.807) is 12.5 Å². The van der Waals surface area contributed by atoms with Gasteiger partial charge in [0.15, 0.2) is 0 Å². The van der Waals surface area contributed by atoms with Crippen LogP contribution in [-0.4, -0.2) is 12.1 Å². The second kappa shape index (κ2) is 5.61. The Morgan fingerprint density at radius 2 is 1.79 bits per heavy atom. The van der Waals surface area contributed by atoms with E-state index in [9.17, 15) is 4.79 Å². The molecule has 0 aromatic rings. The predicted octanol–water partition coefficient (Wildman–Crippen LogP) is 5.52. The molecule has 0 radical (unpaired) electrons. The van der Waals surface area contributed by atoms with Crippen LogP contribution < -0.4 is 0 Å². The van der Waals surface area contributed by atoms with Crippen LogP contribution in [0.1, 0.15) is 78.6 Å². The third-order valence-corrected chi connectivity index (χ3v) is 8.80. The monoisotopic (exact) mass is 330 g/mol. The van der Waals surface area contributed by atoms with E-state index in [0.29, 0.717) is 5.41 Å². The number of rotatable bonds is 1. The number of carbonyl (C=O) groups is 1. The lowest BCUT2D eigenvalue weighted by atomic mass is 9.45. The van der Waals surface area contributed by atoms with E-state index in [0.717, 1.165) is 30.1 Å². The number of allylic oxidation sites excluding steroid dienone is 1. The minimum Gasteiger partial charge on any atom is -0.462 e. The molecular formula is C22H34O2. The topological polar surface area (TPSA) is 26.3 Å². The lowest BCUT2D eigenvalue weighted by Gasteiger charge is -2.60. The number of fused-ring (bicyclic) bond motifs is 5. The van der Waals surface area contributed by atoms with E-state index in [-0.39, 0.29) is 17.5 Å². The molecule has 4 rings (SSSR count). The van der Waals surface area contributed by atoms with Crippen molar-refractivity contribution in [3.05, 3.63) is 12.2 Å². The number of ether oxygens (including phenoxy) is 1. The van der Waals surface area contributed by atoms with Gasteiger partial charge >= 0.3 is 5.97 Å². The molecule has 2 heteroatoms. The third kappa shape index (κ3) is 2.24. The summed E-state index contributed by atoms with van der Waals surface area (Å²) in [6.45, 7) is 11.0. The van der Waals surface area contributed by atoms with Crippen LogP contribution in [0.15, 0.2) is 12.2 Å². The van der Waals surface area contributed by atoms with E-state index in [4.69, 9.17) is 4.74 Å². The number of esters is 1. The lowest BCUT2D eigenvalue weighted by molar-refractivity contribution is -0.160. The van der Waals surface area contributed by atoms with E-state index in [2.05, 4.69) is 20.4 Å². The van der Waals surface area contributed by atoms with Crippen LogP contribution >= 0.6 is 0 Å². The molecule has 24 heavy (non-hydrogen) atoms. The van der Waals surface area contributed by atoms with Gasteiger partial charge in [0, 0.05) is 12.3 Å². The summed E-state index contributed by atoms with van der Waals surface area (Å²) < 4.78 is 5.76. The van der Waals surface area contributed by atoms with Crippen LogP contribution in [0.4, 0.5) is 0 Å². The summed E-state index contributed by atoms with van der Waals surface area (Å²) >= 11 is 0. The first kappa shape index (κ1) is 16.7. The summed E-state index contributed by atoms with van der Waals surface area (Å²) in [5, 5.41) is 0. The maximum absolute atomic E-state index is 11.5. The molecule has 0 aromatic heterocycles. The molecule has 0 aliphatic heterocycles. The Morgan fingerprint density at radius 1 is 1.04 bits per heavy atom. The molecule has 4 fully saturated rings. The summed E-state index contributed by atoms with van der Waals surface area (Å²) in [5.41, 5.74) is 2.25. The Bertz CT molecular complexity index is 552. The maximum atomic E-state index is 11.5. The fourth-order valence-electron chi connectivity index (χ4n) is 7.70. The first-order chi connectivity index (χ1) is 11.4. The number of carbonyl (C=O) groups excluding carboxylic acids is 1. The van der Waals surface area contributed by atoms with Gasteiger partial charge in [0.2, 0.25) is 0 Å². The summed E-state index contributed by atoms with van der Waals surface area (Å²) in [6.07, 6.45) is 11.8. The fraction of sp³-hybridized carbons (Fsp3) is 0.864. The Labute approximate surface area is 147 Å². The van der Waals surface area contributed by atoms with Crippen molar-refractivity contribution in [3.8, 4) is 0 Å². The van der Waals surface area contributed by atoms with Crippen molar-refractivity contribution in [2.45, 2.75) is 84.7 Å². The van der Waals surface area contributed by atoms with Gasteiger partial charge in [-0.3, -0.25) is 4.79 Å². The summed E-state index contributed by atoms with van der Waals surface area (Å²) in [7, 11) is 0. The molecule has 0 unspecified atom stereocenters. The highest BCUT2D eigenvalue weighted by molar-refractivity contribution is 5.66. The normalized spacial score (nSPS) is 50.6. The van der Waals surface area contributed by atoms with Gasteiger partial charge in [-0.1, -0.05) is 26.0 Å². The highest BCUT2D eigenvalue weighted by atomic mass is 16.5. The van der Waals surface area contributed by atoms with Crippen molar-refractivity contribution in [3.63, 3.8) is 0 Å². The molecule has 0 bridgehead atoms. The molecule has 7 atom stereocenters. The highest BCUT2D eigenvalue weighted by Crippen LogP contribution is 2.67. The lowest BCUT2D eigenvalue weighted by Crippen LogP contribution is -2.53. The molecule has 0 heterocycles. The van der Waals surface area contributed by atoms with E-state index in [1.165, 1.54) is 51.4 Å². The number of hydrogen-bond donors (Lipinski definition) is 0. The van der Waals surface area contributed by atoms with E-state index < -0.39 is 0 Å². The van der Waals surface area contributed by atoms with Gasteiger partial charge in [0.1, 0.15) is 6.10 Å². The second-order valence-corrected chi connectivity index (χ2v) is 9.74. The summed E-state index contributed by atoms with van der Waals surface area (Å²) in [5.74, 6) is 3.14. The van der Waals surface area contributed by atoms with Crippen molar-refractivity contribution in [2.75, 3.05) is 0 Å². The van der Waals surface area contributed by atoms with Crippen molar-refractivity contribution >= 4 is 5.97 Å². The quantitative estimate of drug-likeness (QED) is 0.467. The van der Waals surface area contributed by atoms with E-state index >= 15 is 0 Å². The summed E-state index contributed by atoms with van der Waals surface area (Å²) in [6, 6.07) is 0. The van der Waals surface area contributed by atoms with Crippen LogP contribution in [0.3, 0.4) is 0 Å². The average Bonchev–Trinajstić information content (AvgIpc) is 2.83. The van der Waals surface area contributed by atoms with Crippen LogP contribution in [0.2, 0.25) is 0 Å². The van der Waals surface area contributed by atoms with Gasteiger partial charge in [0.25, 0.3) is 0 Å². The number of hydrogen-bond acceptors (Lipinski definition) is 2. The molecule has 4 saturated carbocycles. The zero-order valence-electron chi connectivity index (χ0n) is 15.8. The van der Waals surface area contributed by atoms with Crippen molar-refractivity contribution in [2.24, 2.45) is 34.5 Å². The highest BCUT2D eigenvalue weighted by Gasteiger charge is 2.60. The molecule has 2 nitrogen and oxygen atoms in total. The molecule has 0 N–H and O–H groups in total. The average molecular weight is 331 g/mol.